The van der Waals surface area contributed by atoms with E-state index in [2.05, 4.69) is 6.07 Å². The van der Waals surface area contributed by atoms with Gasteiger partial charge in [0.1, 0.15) is 0 Å². The minimum absolute atomic E-state index is 0.0312. The summed E-state index contributed by atoms with van der Waals surface area (Å²) >= 11 is 2.99. The second-order valence-corrected chi connectivity index (χ2v) is 15.4. The number of hydrogen-bond acceptors (Lipinski definition) is 6. The molecular weight excluding hydrogens is 553 g/mol. The number of aryl methyl sites for hydroxylation is 2. The molecule has 0 N–H and O–H groups in total. The van der Waals surface area contributed by atoms with Crippen molar-refractivity contribution in [1.82, 2.24) is 0 Å². The van der Waals surface area contributed by atoms with E-state index in [-0.39, 0.29) is 11.5 Å². The first-order valence-electron chi connectivity index (χ1n) is 12.0. The van der Waals surface area contributed by atoms with Crippen LogP contribution in [0.3, 0.4) is 0 Å². The summed E-state index contributed by atoms with van der Waals surface area (Å²) in [5.74, 6) is -0.0624. The van der Waals surface area contributed by atoms with Crippen molar-refractivity contribution in [3.05, 3.63) is 118 Å². The molecule has 194 valence electrons. The molecule has 8 heteroatoms. The van der Waals surface area contributed by atoms with Crippen molar-refractivity contribution in [1.29, 1.82) is 0 Å². The van der Waals surface area contributed by atoms with E-state index in [4.69, 9.17) is 0 Å². The van der Waals surface area contributed by atoms with Gasteiger partial charge in [-0.2, -0.15) is 0 Å². The van der Waals surface area contributed by atoms with E-state index in [0.29, 0.717) is 9.79 Å². The maximum absolute atomic E-state index is 12.9. The fraction of sp³-hybridized carbons (Fsp3) is 0.133. The molecule has 0 radical (unpaired) electrons. The van der Waals surface area contributed by atoms with Gasteiger partial charge in [0.15, 0.2) is 19.7 Å². The minimum atomic E-state index is -3.43. The van der Waals surface area contributed by atoms with Gasteiger partial charge in [0.2, 0.25) is 0 Å². The first-order valence-corrected chi connectivity index (χ1v) is 16.9. The average molecular weight is 579 g/mol. The lowest BCUT2D eigenvalue weighted by Gasteiger charge is -2.04. The van der Waals surface area contributed by atoms with E-state index < -0.39 is 19.7 Å². The molecule has 2 heterocycles. The van der Waals surface area contributed by atoms with Crippen LogP contribution < -0.4 is 0 Å². The lowest BCUT2D eigenvalue weighted by Crippen LogP contribution is -2.04. The van der Waals surface area contributed by atoms with E-state index in [1.165, 1.54) is 22.7 Å². The van der Waals surface area contributed by atoms with Crippen LogP contribution in [0.15, 0.2) is 107 Å². The molecule has 0 spiro atoms. The molecule has 0 atom stereocenters. The van der Waals surface area contributed by atoms with E-state index in [0.717, 1.165) is 41.8 Å². The highest BCUT2D eigenvalue weighted by Gasteiger charge is 2.20. The highest BCUT2D eigenvalue weighted by molar-refractivity contribution is 7.91. The van der Waals surface area contributed by atoms with Crippen LogP contribution in [-0.4, -0.2) is 16.8 Å². The zero-order valence-electron chi connectivity index (χ0n) is 20.9. The van der Waals surface area contributed by atoms with Gasteiger partial charge in [-0.25, -0.2) is 16.8 Å². The smallest absolute Gasteiger partial charge is 0.183 e. The molecule has 5 aromatic rings. The van der Waals surface area contributed by atoms with Crippen molar-refractivity contribution in [2.45, 2.75) is 35.1 Å². The maximum atomic E-state index is 12.9. The Hall–Kier alpha value is -3.04. The van der Waals surface area contributed by atoms with Gasteiger partial charge in [-0.1, -0.05) is 54.6 Å². The Morgan fingerprint density at radius 2 is 0.921 bits per heavy atom. The van der Waals surface area contributed by atoms with Gasteiger partial charge in [-0.05, 0) is 78.6 Å². The van der Waals surface area contributed by atoms with Crippen molar-refractivity contribution in [2.24, 2.45) is 0 Å². The topological polar surface area (TPSA) is 68.3 Å². The van der Waals surface area contributed by atoms with E-state index >= 15 is 0 Å². The van der Waals surface area contributed by atoms with Crippen molar-refractivity contribution in [3.8, 4) is 20.9 Å². The van der Waals surface area contributed by atoms with Crippen LogP contribution in [0.4, 0.5) is 0 Å². The van der Waals surface area contributed by atoms with Crippen LogP contribution in [0, 0.1) is 13.8 Å². The van der Waals surface area contributed by atoms with Gasteiger partial charge in [0, 0.05) is 19.5 Å². The predicted octanol–water partition coefficient (Wildman–Crippen LogP) is 7.71. The van der Waals surface area contributed by atoms with Crippen LogP contribution in [-0.2, 0) is 31.2 Å². The molecule has 38 heavy (non-hydrogen) atoms. The van der Waals surface area contributed by atoms with E-state index in [1.807, 2.05) is 44.2 Å². The fourth-order valence-electron chi connectivity index (χ4n) is 4.20. The molecule has 2 aromatic heterocycles. The Kier molecular flexibility index (Phi) is 7.42. The number of benzene rings is 3. The number of rotatable bonds is 8. The molecule has 0 saturated heterocycles. The third-order valence-corrected chi connectivity index (χ3v) is 12.6. The molecule has 3 aromatic carbocycles. The normalized spacial score (nSPS) is 12.1. The van der Waals surface area contributed by atoms with E-state index in [9.17, 15) is 16.8 Å². The minimum Gasteiger partial charge on any atom is -0.223 e. The number of sulfone groups is 2. The fourth-order valence-corrected chi connectivity index (χ4v) is 10.2. The molecule has 0 aliphatic rings. The molecule has 0 unspecified atom stereocenters. The molecular formula is C30H26O4S4. The zero-order chi connectivity index (χ0) is 26.9. The van der Waals surface area contributed by atoms with Gasteiger partial charge in [0.05, 0.1) is 21.3 Å². The van der Waals surface area contributed by atoms with Gasteiger partial charge < -0.3 is 0 Å². The van der Waals surface area contributed by atoms with Crippen LogP contribution >= 0.6 is 22.7 Å². The van der Waals surface area contributed by atoms with Crippen LogP contribution in [0.2, 0.25) is 0 Å². The maximum Gasteiger partial charge on any atom is 0.183 e. The van der Waals surface area contributed by atoms with Crippen LogP contribution in [0.1, 0.15) is 20.9 Å². The summed E-state index contributed by atoms with van der Waals surface area (Å²) in [6.45, 7) is 3.89. The lowest BCUT2D eigenvalue weighted by atomic mass is 10.1. The van der Waals surface area contributed by atoms with Crippen LogP contribution in [0.25, 0.3) is 20.9 Å². The highest BCUT2D eigenvalue weighted by Crippen LogP contribution is 2.38. The monoisotopic (exact) mass is 578 g/mol. The summed E-state index contributed by atoms with van der Waals surface area (Å²) in [5.41, 5.74) is 3.91. The Bertz CT molecular complexity index is 1670. The Balaban J connectivity index is 1.40. The molecule has 0 saturated carbocycles. The standard InChI is InChI=1S/C30H26O4S4/c1-21-16-27(35-29(21)19-37(31,32)25-12-5-3-6-13-25)23-10-9-11-24(18-23)28-17-22(2)30(36-28)20-38(33,34)26-14-7-4-8-15-26/h3-18H,19-20H2,1-2H3. The van der Waals surface area contributed by atoms with Gasteiger partial charge in [-0.15, -0.1) is 22.7 Å². The third kappa shape index (κ3) is 5.68. The molecule has 0 fully saturated rings. The van der Waals surface area contributed by atoms with Crippen molar-refractivity contribution < 1.29 is 16.8 Å². The molecule has 4 nitrogen and oxygen atoms in total. The van der Waals surface area contributed by atoms with Crippen molar-refractivity contribution >= 4 is 42.3 Å². The summed E-state index contributed by atoms with van der Waals surface area (Å²) < 4.78 is 51.7. The van der Waals surface area contributed by atoms with Gasteiger partial charge in [0.25, 0.3) is 0 Å². The van der Waals surface area contributed by atoms with Crippen molar-refractivity contribution in [2.75, 3.05) is 0 Å². The summed E-state index contributed by atoms with van der Waals surface area (Å²) in [5, 5.41) is 0. The second kappa shape index (κ2) is 10.6. The largest absolute Gasteiger partial charge is 0.223 e. The lowest BCUT2D eigenvalue weighted by molar-refractivity contribution is 0.594. The summed E-state index contributed by atoms with van der Waals surface area (Å²) in [6.07, 6.45) is 0. The van der Waals surface area contributed by atoms with Gasteiger partial charge in [-0.3, -0.25) is 0 Å². The molecule has 0 bridgehead atoms. The molecule has 0 aliphatic carbocycles. The number of hydrogen-bond donors (Lipinski definition) is 0. The number of thiophene rings is 2. The quantitative estimate of drug-likeness (QED) is 0.189. The van der Waals surface area contributed by atoms with Crippen molar-refractivity contribution in [3.63, 3.8) is 0 Å². The summed E-state index contributed by atoms with van der Waals surface area (Å²) in [6, 6.07) is 29.3. The van der Waals surface area contributed by atoms with Crippen LogP contribution in [0.5, 0.6) is 0 Å². The van der Waals surface area contributed by atoms with E-state index in [1.54, 1.807) is 60.7 Å². The third-order valence-electron chi connectivity index (χ3n) is 6.32. The second-order valence-electron chi connectivity index (χ2n) is 9.16. The molecule has 0 aliphatic heterocycles. The zero-order valence-corrected chi connectivity index (χ0v) is 24.2. The average Bonchev–Trinajstić information content (AvgIpc) is 3.46. The first-order chi connectivity index (χ1) is 18.1. The van der Waals surface area contributed by atoms with Gasteiger partial charge >= 0.3 is 0 Å². The molecule has 0 amide bonds. The summed E-state index contributed by atoms with van der Waals surface area (Å²) in [7, 11) is -6.86. The Labute approximate surface area is 232 Å². The SMILES string of the molecule is Cc1cc(-c2cccc(-c3cc(C)c(CS(=O)(=O)c4ccccc4)s3)c2)sc1CS(=O)(=O)c1ccccc1. The highest BCUT2D eigenvalue weighted by atomic mass is 32.2. The Morgan fingerprint density at radius 3 is 1.32 bits per heavy atom. The molecule has 5 rings (SSSR count). The Morgan fingerprint density at radius 1 is 0.526 bits per heavy atom. The predicted molar refractivity (Wildman–Crippen MR) is 157 cm³/mol. The summed E-state index contributed by atoms with van der Waals surface area (Å²) in [4.78, 5) is 4.32. The first kappa shape index (κ1) is 26.6.